The molecule has 5 unspecified atom stereocenters. The van der Waals surface area contributed by atoms with Gasteiger partial charge in [0.05, 0.1) is 17.0 Å². The number of carboxylic acids is 1. The van der Waals surface area contributed by atoms with E-state index in [4.69, 9.17) is 4.74 Å². The molecule has 0 amide bonds. The number of aryl methyl sites for hydroxylation is 1. The van der Waals surface area contributed by atoms with E-state index in [1.807, 2.05) is 23.1 Å². The number of benzene rings is 2. The fourth-order valence-corrected chi connectivity index (χ4v) is 7.97. The second-order valence-corrected chi connectivity index (χ2v) is 12.8. The molecule has 42 heavy (non-hydrogen) atoms. The van der Waals surface area contributed by atoms with Crippen LogP contribution in [-0.2, 0) is 23.6 Å². The van der Waals surface area contributed by atoms with E-state index >= 15 is 0 Å². The van der Waals surface area contributed by atoms with Crippen molar-refractivity contribution in [3.63, 3.8) is 0 Å². The van der Waals surface area contributed by atoms with Gasteiger partial charge in [0, 0.05) is 24.5 Å². The van der Waals surface area contributed by atoms with Crippen LogP contribution >= 0.6 is 0 Å². The lowest BCUT2D eigenvalue weighted by Crippen LogP contribution is -2.43. The number of piperidine rings is 1. The Morgan fingerprint density at radius 3 is 2.31 bits per heavy atom. The first-order chi connectivity index (χ1) is 19.7. The van der Waals surface area contributed by atoms with Crippen molar-refractivity contribution < 1.29 is 41.0 Å². The molecule has 2 aromatic rings. The van der Waals surface area contributed by atoms with Crippen molar-refractivity contribution in [3.05, 3.63) is 64.2 Å². The lowest BCUT2D eigenvalue weighted by Gasteiger charge is -2.40. The van der Waals surface area contributed by atoms with E-state index < -0.39 is 41.4 Å². The molecule has 2 saturated carbocycles. The fourth-order valence-electron chi connectivity index (χ4n) is 7.97. The number of carbonyl (C=O) groups is 1. The highest BCUT2D eigenvalue weighted by atomic mass is 19.4. The molecule has 1 saturated heterocycles. The summed E-state index contributed by atoms with van der Waals surface area (Å²) in [5.74, 6) is 0.168. The number of rotatable bonds is 7. The molecule has 0 aromatic heterocycles. The molecule has 10 heteroatoms. The molecule has 4 nitrogen and oxygen atoms in total. The molecule has 0 radical (unpaired) electrons. The zero-order chi connectivity index (χ0) is 30.1. The van der Waals surface area contributed by atoms with Gasteiger partial charge in [-0.2, -0.15) is 26.3 Å². The largest absolute Gasteiger partial charge is 0.490 e. The van der Waals surface area contributed by atoms with Crippen LogP contribution in [0, 0.1) is 23.7 Å². The Labute approximate surface area is 241 Å². The second-order valence-electron chi connectivity index (χ2n) is 12.8. The predicted molar refractivity (Wildman–Crippen MR) is 143 cm³/mol. The van der Waals surface area contributed by atoms with Crippen molar-refractivity contribution in [2.24, 2.45) is 23.7 Å². The minimum absolute atomic E-state index is 0.0300. The molecule has 4 aliphatic rings. The summed E-state index contributed by atoms with van der Waals surface area (Å²) in [4.78, 5) is 13.7. The molecule has 2 bridgehead atoms. The summed E-state index contributed by atoms with van der Waals surface area (Å²) >= 11 is 0. The summed E-state index contributed by atoms with van der Waals surface area (Å²) in [5.41, 5.74) is -0.351. The van der Waals surface area contributed by atoms with E-state index in [9.17, 15) is 36.2 Å². The Morgan fingerprint density at radius 1 is 0.976 bits per heavy atom. The van der Waals surface area contributed by atoms with Crippen molar-refractivity contribution in [3.8, 4) is 5.75 Å². The first-order valence-electron chi connectivity index (χ1n) is 14.8. The number of hydrogen-bond donors (Lipinski definition) is 1. The van der Waals surface area contributed by atoms with E-state index in [-0.39, 0.29) is 35.5 Å². The third-order valence-corrected chi connectivity index (χ3v) is 10.3. The normalized spacial score (nSPS) is 28.2. The maximum absolute atomic E-state index is 13.8. The number of likely N-dealkylation sites (tertiary alicyclic amines) is 1. The van der Waals surface area contributed by atoms with Gasteiger partial charge in [0.2, 0.25) is 0 Å². The number of halogens is 6. The third-order valence-electron chi connectivity index (χ3n) is 10.3. The van der Waals surface area contributed by atoms with Gasteiger partial charge >= 0.3 is 18.3 Å². The lowest BCUT2D eigenvalue weighted by molar-refractivity contribution is -0.142. The third kappa shape index (κ3) is 5.40. The van der Waals surface area contributed by atoms with Gasteiger partial charge in [-0.25, -0.2) is 0 Å². The fraction of sp³-hybridized carbons (Fsp3) is 0.594. The number of hydrogen-bond acceptors (Lipinski definition) is 3. The van der Waals surface area contributed by atoms with Crippen LogP contribution in [0.4, 0.5) is 26.3 Å². The van der Waals surface area contributed by atoms with E-state index in [1.54, 1.807) is 13.8 Å². The first kappa shape index (κ1) is 29.3. The summed E-state index contributed by atoms with van der Waals surface area (Å²) in [6.07, 6.45) is -4.35. The lowest BCUT2D eigenvalue weighted by atomic mass is 9.81. The van der Waals surface area contributed by atoms with Gasteiger partial charge in [0.15, 0.2) is 0 Å². The maximum Gasteiger partial charge on any atom is 0.416 e. The number of ether oxygens (including phenoxy) is 1. The summed E-state index contributed by atoms with van der Waals surface area (Å²) in [6, 6.07) is 6.96. The zero-order valence-corrected chi connectivity index (χ0v) is 23.5. The van der Waals surface area contributed by atoms with Crippen molar-refractivity contribution in [1.29, 1.82) is 0 Å². The topological polar surface area (TPSA) is 49.8 Å². The zero-order valence-electron chi connectivity index (χ0n) is 23.5. The van der Waals surface area contributed by atoms with E-state index in [2.05, 4.69) is 0 Å². The van der Waals surface area contributed by atoms with Gasteiger partial charge in [-0.3, -0.25) is 9.69 Å². The Kier molecular flexibility index (Phi) is 7.30. The Morgan fingerprint density at radius 2 is 1.71 bits per heavy atom. The van der Waals surface area contributed by atoms with Gasteiger partial charge in [0.1, 0.15) is 11.9 Å². The second kappa shape index (κ2) is 10.5. The molecule has 2 heterocycles. The van der Waals surface area contributed by atoms with Gasteiger partial charge in [-0.1, -0.05) is 19.1 Å². The van der Waals surface area contributed by atoms with Crippen molar-refractivity contribution in [1.82, 2.24) is 4.90 Å². The average Bonchev–Trinajstić information content (AvgIpc) is 3.55. The molecule has 2 aliphatic carbocycles. The Balaban J connectivity index is 1.18. The van der Waals surface area contributed by atoms with Crippen LogP contribution in [0.1, 0.15) is 85.7 Å². The van der Waals surface area contributed by atoms with Crippen LogP contribution in [0.15, 0.2) is 36.4 Å². The summed E-state index contributed by atoms with van der Waals surface area (Å²) < 4.78 is 88.2. The molecule has 7 atom stereocenters. The van der Waals surface area contributed by atoms with E-state index in [1.165, 1.54) is 0 Å². The summed E-state index contributed by atoms with van der Waals surface area (Å²) in [7, 11) is 0. The molecule has 228 valence electrons. The van der Waals surface area contributed by atoms with Crippen molar-refractivity contribution in [2.45, 2.75) is 88.8 Å². The molecule has 2 aliphatic heterocycles. The number of alkyl halides is 6. The molecular weight excluding hydrogens is 560 g/mol. The number of fused-ring (bicyclic) bond motifs is 3. The van der Waals surface area contributed by atoms with Crippen LogP contribution < -0.4 is 4.74 Å². The maximum atomic E-state index is 13.8. The van der Waals surface area contributed by atoms with Crippen molar-refractivity contribution in [2.75, 3.05) is 6.54 Å². The number of aliphatic carboxylic acids is 1. The molecule has 3 fully saturated rings. The highest BCUT2D eigenvalue weighted by Gasteiger charge is 2.51. The van der Waals surface area contributed by atoms with E-state index in [0.29, 0.717) is 30.7 Å². The average molecular weight is 596 g/mol. The molecule has 1 N–H and O–H groups in total. The van der Waals surface area contributed by atoms with Gasteiger partial charge < -0.3 is 9.84 Å². The van der Waals surface area contributed by atoms with E-state index in [0.717, 1.165) is 55.4 Å². The minimum Gasteiger partial charge on any atom is -0.490 e. The molecule has 0 spiro atoms. The summed E-state index contributed by atoms with van der Waals surface area (Å²) in [5, 5.41) is 9.67. The Hall–Kier alpha value is -2.75. The van der Waals surface area contributed by atoms with Crippen LogP contribution in [0.3, 0.4) is 0 Å². The SMILES string of the molecule is CC(C(=O)O)C(c1ccc2c(c1)OC(C1C[C@@H]3C[C@@H]1CN3C(C)c1cc(C(F)(F)F)ccc1C(F)(F)F)CC2)C1CC1. The van der Waals surface area contributed by atoms with Crippen LogP contribution in [-0.4, -0.2) is 34.7 Å². The van der Waals surface area contributed by atoms with Crippen LogP contribution in [0.25, 0.3) is 0 Å². The van der Waals surface area contributed by atoms with Gasteiger partial charge in [0.25, 0.3) is 0 Å². The summed E-state index contributed by atoms with van der Waals surface area (Å²) in [6.45, 7) is 3.84. The standard InChI is InChI=1S/C32H35F6NO3/c1-16(30(40)41)29(19-4-5-19)20-6-3-18-7-10-27(42-28(18)12-20)25-14-23-11-21(25)15-39(23)17(2)24-13-22(31(33,34)35)8-9-26(24)32(36,37)38/h3,6,8-9,12-13,16-17,19,21,23,25,27,29H,4-5,7,10-11,14-15H2,1-2H3,(H,40,41)/t16?,17?,21-,23+,25?,27?,29?/m1/s1. The molecule has 6 rings (SSSR count). The predicted octanol–water partition coefficient (Wildman–Crippen LogP) is 8.10. The first-order valence-corrected chi connectivity index (χ1v) is 14.8. The smallest absolute Gasteiger partial charge is 0.416 e. The monoisotopic (exact) mass is 595 g/mol. The van der Waals surface area contributed by atoms with Crippen molar-refractivity contribution >= 4 is 5.97 Å². The molecular formula is C32H35F6NO3. The van der Waals surface area contributed by atoms with Crippen LogP contribution in [0.5, 0.6) is 5.75 Å². The number of carboxylic acid groups (broad SMARTS) is 1. The van der Waals surface area contributed by atoms with Crippen LogP contribution in [0.2, 0.25) is 0 Å². The highest BCUT2D eigenvalue weighted by molar-refractivity contribution is 5.71. The highest BCUT2D eigenvalue weighted by Crippen LogP contribution is 2.52. The molecule has 2 aromatic carbocycles. The van der Waals surface area contributed by atoms with Gasteiger partial charge in [-0.15, -0.1) is 0 Å². The Bertz CT molecular complexity index is 1350. The minimum atomic E-state index is -4.75. The quantitative estimate of drug-likeness (QED) is 0.329. The van der Waals surface area contributed by atoms with Gasteiger partial charge in [-0.05, 0) is 104 Å². The number of nitrogens with zero attached hydrogens (tertiary/aromatic N) is 1.